The first kappa shape index (κ1) is 24.5. The normalized spacial score (nSPS) is 33.0. The summed E-state index contributed by atoms with van der Waals surface area (Å²) in [5.41, 5.74) is 0.421. The van der Waals surface area contributed by atoms with Crippen molar-refractivity contribution in [1.82, 2.24) is 15.1 Å². The smallest absolute Gasteiger partial charge is 0.226 e. The van der Waals surface area contributed by atoms with Gasteiger partial charge >= 0.3 is 0 Å². The van der Waals surface area contributed by atoms with Crippen molar-refractivity contribution in [2.45, 2.75) is 84.4 Å². The molecular weight excluding hydrogens is 394 g/mol. The Bertz CT molecular complexity index is 620. The second-order valence-corrected chi connectivity index (χ2v) is 10.4. The van der Waals surface area contributed by atoms with Crippen molar-refractivity contribution in [3.8, 4) is 0 Å². The number of hydrogen-bond acceptors (Lipinski definition) is 5. The Hall–Kier alpha value is -1.18. The average molecular weight is 438 g/mol. The molecule has 4 aliphatic heterocycles. The van der Waals surface area contributed by atoms with Gasteiger partial charge in [-0.3, -0.25) is 9.59 Å². The molecule has 2 amide bonds. The van der Waals surface area contributed by atoms with Crippen LogP contribution in [0, 0.1) is 17.3 Å². The molecule has 4 fully saturated rings. The fourth-order valence-electron chi connectivity index (χ4n) is 5.78. The third-order valence-corrected chi connectivity index (χ3v) is 7.61. The number of nitrogens with one attached hydrogen (secondary N) is 1. The monoisotopic (exact) mass is 437 g/mol. The van der Waals surface area contributed by atoms with Crippen molar-refractivity contribution in [2.75, 3.05) is 39.4 Å². The lowest BCUT2D eigenvalue weighted by Crippen LogP contribution is -2.45. The van der Waals surface area contributed by atoms with Crippen LogP contribution >= 0.6 is 0 Å². The second-order valence-electron chi connectivity index (χ2n) is 10.4. The summed E-state index contributed by atoms with van der Waals surface area (Å²) < 4.78 is 5.62. The number of aliphatic hydroxyl groups excluding tert-OH is 1. The SMILES string of the molecule is CC(C)C(=O)N1CCC2(CCNC2)C1.CCCC(C)C(=O)N1C(CO)CC2OCCC21. The maximum Gasteiger partial charge on any atom is 0.226 e. The molecule has 178 valence electrons. The van der Waals surface area contributed by atoms with E-state index in [4.69, 9.17) is 4.74 Å². The molecule has 5 unspecified atom stereocenters. The van der Waals surface area contributed by atoms with Crippen LogP contribution in [0.25, 0.3) is 0 Å². The van der Waals surface area contributed by atoms with Crippen molar-refractivity contribution < 1.29 is 19.4 Å². The van der Waals surface area contributed by atoms with E-state index >= 15 is 0 Å². The van der Waals surface area contributed by atoms with Gasteiger partial charge in [0.25, 0.3) is 0 Å². The van der Waals surface area contributed by atoms with Crippen molar-refractivity contribution in [3.05, 3.63) is 0 Å². The van der Waals surface area contributed by atoms with Crippen LogP contribution in [0.2, 0.25) is 0 Å². The number of fused-ring (bicyclic) bond motifs is 1. The topological polar surface area (TPSA) is 82.1 Å². The van der Waals surface area contributed by atoms with E-state index in [9.17, 15) is 14.7 Å². The number of likely N-dealkylation sites (tertiary alicyclic amines) is 2. The Balaban J connectivity index is 0.000000179. The summed E-state index contributed by atoms with van der Waals surface area (Å²) in [6, 6.07) is 0.177. The molecule has 0 aromatic rings. The van der Waals surface area contributed by atoms with Crippen molar-refractivity contribution in [2.24, 2.45) is 17.3 Å². The quantitative estimate of drug-likeness (QED) is 0.688. The van der Waals surface area contributed by atoms with Gasteiger partial charge in [0.2, 0.25) is 11.8 Å². The first-order chi connectivity index (χ1) is 14.8. The predicted octanol–water partition coefficient (Wildman–Crippen LogP) is 2.03. The number of carbonyl (C=O) groups is 2. The summed E-state index contributed by atoms with van der Waals surface area (Å²) >= 11 is 0. The van der Waals surface area contributed by atoms with Crippen LogP contribution in [0.4, 0.5) is 0 Å². The van der Waals surface area contributed by atoms with Crippen molar-refractivity contribution in [1.29, 1.82) is 0 Å². The van der Waals surface area contributed by atoms with E-state index < -0.39 is 0 Å². The first-order valence-electron chi connectivity index (χ1n) is 12.4. The molecular formula is C24H43N3O4. The van der Waals surface area contributed by atoms with E-state index in [0.717, 1.165) is 58.5 Å². The molecule has 2 N–H and O–H groups in total. The highest BCUT2D eigenvalue weighted by Gasteiger charge is 2.47. The minimum absolute atomic E-state index is 0.0305. The molecule has 4 aliphatic rings. The highest BCUT2D eigenvalue weighted by atomic mass is 16.5. The van der Waals surface area contributed by atoms with Crippen LogP contribution in [0.5, 0.6) is 0 Å². The standard InChI is InChI=1S/C13H23NO3.C11H20N2O/c1-3-4-9(2)13(16)14-10(8-15)7-12-11(14)5-6-17-12;1-9(2)10(14)13-6-4-11(8-13)3-5-12-7-11/h9-12,15H,3-8H2,1-2H3;9,12H,3-8H2,1-2H3. The zero-order valence-electron chi connectivity index (χ0n) is 19.9. The summed E-state index contributed by atoms with van der Waals surface area (Å²) in [4.78, 5) is 28.2. The summed E-state index contributed by atoms with van der Waals surface area (Å²) in [6.45, 7) is 13.1. The number of ether oxygens (including phenoxy) is 1. The Morgan fingerprint density at radius 2 is 2.00 bits per heavy atom. The van der Waals surface area contributed by atoms with Gasteiger partial charge in [0.1, 0.15) is 0 Å². The van der Waals surface area contributed by atoms with Crippen molar-refractivity contribution in [3.63, 3.8) is 0 Å². The molecule has 31 heavy (non-hydrogen) atoms. The number of carbonyl (C=O) groups excluding carboxylic acids is 2. The summed E-state index contributed by atoms with van der Waals surface area (Å²) in [5.74, 6) is 0.741. The largest absolute Gasteiger partial charge is 0.394 e. The Morgan fingerprint density at radius 3 is 2.61 bits per heavy atom. The third-order valence-electron chi connectivity index (χ3n) is 7.61. The maximum atomic E-state index is 12.4. The molecule has 7 nitrogen and oxygen atoms in total. The highest BCUT2D eigenvalue weighted by molar-refractivity contribution is 5.79. The molecule has 0 radical (unpaired) electrons. The molecule has 5 atom stereocenters. The fourth-order valence-corrected chi connectivity index (χ4v) is 5.78. The van der Waals surface area contributed by atoms with E-state index in [1.165, 1.54) is 12.8 Å². The molecule has 0 aliphatic carbocycles. The predicted molar refractivity (Wildman–Crippen MR) is 121 cm³/mol. The van der Waals surface area contributed by atoms with Gasteiger partial charge in [0.05, 0.1) is 24.8 Å². The minimum atomic E-state index is -0.0305. The molecule has 1 spiro atoms. The van der Waals surface area contributed by atoms with Gasteiger partial charge in [-0.15, -0.1) is 0 Å². The molecule has 0 aromatic carbocycles. The molecule has 0 aromatic heterocycles. The number of amides is 2. The van der Waals surface area contributed by atoms with Gasteiger partial charge in [-0.05, 0) is 38.6 Å². The minimum Gasteiger partial charge on any atom is -0.394 e. The van der Waals surface area contributed by atoms with E-state index in [0.29, 0.717) is 11.3 Å². The van der Waals surface area contributed by atoms with Crippen LogP contribution in [0.3, 0.4) is 0 Å². The van der Waals surface area contributed by atoms with Crippen LogP contribution in [0.1, 0.15) is 66.2 Å². The van der Waals surface area contributed by atoms with E-state index in [1.807, 2.05) is 25.7 Å². The number of hydrogen-bond donors (Lipinski definition) is 2. The molecule has 7 heteroatoms. The zero-order valence-corrected chi connectivity index (χ0v) is 19.9. The molecule has 4 heterocycles. The lowest BCUT2D eigenvalue weighted by atomic mass is 9.86. The first-order valence-corrected chi connectivity index (χ1v) is 12.4. The number of rotatable bonds is 5. The van der Waals surface area contributed by atoms with E-state index in [-0.39, 0.29) is 42.5 Å². The average Bonchev–Trinajstić information content (AvgIpc) is 3.53. The van der Waals surface area contributed by atoms with Gasteiger partial charge < -0.3 is 25.0 Å². The Morgan fingerprint density at radius 1 is 1.23 bits per heavy atom. The van der Waals surface area contributed by atoms with Crippen LogP contribution in [0.15, 0.2) is 0 Å². The second kappa shape index (κ2) is 10.6. The molecule has 0 bridgehead atoms. The van der Waals surface area contributed by atoms with Gasteiger partial charge in [0, 0.05) is 43.5 Å². The number of aliphatic hydroxyl groups is 1. The van der Waals surface area contributed by atoms with Crippen molar-refractivity contribution >= 4 is 11.8 Å². The molecule has 4 saturated heterocycles. The lowest BCUT2D eigenvalue weighted by Gasteiger charge is -2.30. The highest BCUT2D eigenvalue weighted by Crippen LogP contribution is 2.36. The van der Waals surface area contributed by atoms with Crippen LogP contribution < -0.4 is 5.32 Å². The fraction of sp³-hybridized carbons (Fsp3) is 0.917. The van der Waals surface area contributed by atoms with Gasteiger partial charge in [-0.1, -0.05) is 34.1 Å². The molecule has 4 rings (SSSR count). The van der Waals surface area contributed by atoms with Gasteiger partial charge in [-0.2, -0.15) is 0 Å². The lowest BCUT2D eigenvalue weighted by molar-refractivity contribution is -0.139. The zero-order chi connectivity index (χ0) is 22.6. The van der Waals surface area contributed by atoms with Gasteiger partial charge in [0.15, 0.2) is 0 Å². The van der Waals surface area contributed by atoms with E-state index in [2.05, 4.69) is 17.1 Å². The Kier molecular flexibility index (Phi) is 8.38. The maximum absolute atomic E-state index is 12.4. The van der Waals surface area contributed by atoms with Crippen LogP contribution in [-0.2, 0) is 14.3 Å². The Labute approximate surface area is 187 Å². The summed E-state index contributed by atoms with van der Waals surface area (Å²) in [6.07, 6.45) is 6.26. The van der Waals surface area contributed by atoms with E-state index in [1.54, 1.807) is 0 Å². The van der Waals surface area contributed by atoms with Gasteiger partial charge in [-0.25, -0.2) is 0 Å². The third kappa shape index (κ3) is 5.42. The van der Waals surface area contributed by atoms with Crippen LogP contribution in [-0.4, -0.2) is 84.3 Å². The number of nitrogens with zero attached hydrogens (tertiary/aromatic N) is 2. The summed E-state index contributed by atoms with van der Waals surface area (Å²) in [7, 11) is 0. The summed E-state index contributed by atoms with van der Waals surface area (Å²) in [5, 5.41) is 12.8. The molecule has 0 saturated carbocycles.